The summed E-state index contributed by atoms with van der Waals surface area (Å²) in [6, 6.07) is 0. The number of nitrogens with one attached hydrogen (secondary N) is 1. The summed E-state index contributed by atoms with van der Waals surface area (Å²) in [5.74, 6) is -1.47. The van der Waals surface area contributed by atoms with Crippen LogP contribution in [0, 0.1) is 6.92 Å². The zero-order valence-corrected chi connectivity index (χ0v) is 17.1. The molecule has 3 N–H and O–H groups in total. The third-order valence-corrected chi connectivity index (χ3v) is 5.04. The first-order valence-corrected chi connectivity index (χ1v) is 10.0. The normalized spacial score (nSPS) is 10.4. The second-order valence-electron chi connectivity index (χ2n) is 5.16. The first kappa shape index (κ1) is 21.6. The summed E-state index contributed by atoms with van der Waals surface area (Å²) in [6.07, 6.45) is 1.26. The van der Waals surface area contributed by atoms with Crippen LogP contribution in [0.3, 0.4) is 0 Å². The summed E-state index contributed by atoms with van der Waals surface area (Å²) < 4.78 is 9.79. The molecule has 28 heavy (non-hydrogen) atoms. The van der Waals surface area contributed by atoms with Gasteiger partial charge in [0.25, 0.3) is 0 Å². The van der Waals surface area contributed by atoms with Crippen molar-refractivity contribution in [3.8, 4) is 0 Å². The number of nitrogen functional groups attached to an aromatic ring is 1. The molecule has 0 fully saturated rings. The van der Waals surface area contributed by atoms with Crippen LogP contribution in [0.5, 0.6) is 0 Å². The Hall–Kier alpha value is -2.73. The maximum absolute atomic E-state index is 12.1. The second-order valence-corrected chi connectivity index (χ2v) is 7.10. The van der Waals surface area contributed by atoms with Crippen LogP contribution in [-0.2, 0) is 14.3 Å². The predicted octanol–water partition coefficient (Wildman–Crippen LogP) is 1.91. The number of anilines is 2. The molecule has 12 heteroatoms. The van der Waals surface area contributed by atoms with Gasteiger partial charge in [0, 0.05) is 6.20 Å². The number of esters is 2. The van der Waals surface area contributed by atoms with Crippen LogP contribution in [0.1, 0.15) is 39.6 Å². The van der Waals surface area contributed by atoms with Gasteiger partial charge in [-0.1, -0.05) is 23.1 Å². The molecule has 0 radical (unpaired) electrons. The fraction of sp³-hybridized carbons (Fsp3) is 0.375. The third kappa shape index (κ3) is 5.63. The van der Waals surface area contributed by atoms with E-state index in [1.807, 2.05) is 0 Å². The lowest BCUT2D eigenvalue weighted by molar-refractivity contribution is -0.113. The van der Waals surface area contributed by atoms with Crippen molar-refractivity contribution >= 4 is 51.9 Å². The van der Waals surface area contributed by atoms with Gasteiger partial charge in [0.05, 0.1) is 24.7 Å². The first-order valence-electron chi connectivity index (χ1n) is 8.22. The highest BCUT2D eigenvalue weighted by molar-refractivity contribution is 7.99. The third-order valence-electron chi connectivity index (χ3n) is 3.13. The standard InChI is InChI=1S/C16H19N5O5S2/c1-4-25-13(23)9-6-18-15(21-12(9)17)27-7-10(22)20-16-19-8(3)11(28-16)14(24)26-5-2/h6H,4-5,7H2,1-3H3,(H2,17,18,21)(H,19,20,22). The molecule has 0 aliphatic rings. The smallest absolute Gasteiger partial charge is 0.350 e. The number of nitrogens with two attached hydrogens (primary N) is 1. The van der Waals surface area contributed by atoms with E-state index in [0.29, 0.717) is 15.7 Å². The first-order chi connectivity index (χ1) is 13.3. The quantitative estimate of drug-likeness (QED) is 0.365. The van der Waals surface area contributed by atoms with Gasteiger partial charge in [-0.3, -0.25) is 4.79 Å². The van der Waals surface area contributed by atoms with E-state index >= 15 is 0 Å². The summed E-state index contributed by atoms with van der Waals surface area (Å²) in [6.45, 7) is 5.52. The lowest BCUT2D eigenvalue weighted by Gasteiger charge is -2.06. The van der Waals surface area contributed by atoms with E-state index in [1.165, 1.54) is 6.20 Å². The Bertz CT molecular complexity index is 886. The summed E-state index contributed by atoms with van der Waals surface area (Å²) in [5.41, 5.74) is 6.29. The van der Waals surface area contributed by atoms with Crippen LogP contribution in [-0.4, -0.2) is 51.8 Å². The molecule has 0 spiro atoms. The predicted molar refractivity (Wildman–Crippen MR) is 105 cm³/mol. The van der Waals surface area contributed by atoms with E-state index in [-0.39, 0.29) is 41.4 Å². The summed E-state index contributed by atoms with van der Waals surface area (Å²) in [5, 5.41) is 3.14. The van der Waals surface area contributed by atoms with Gasteiger partial charge in [-0.25, -0.2) is 24.5 Å². The van der Waals surface area contributed by atoms with E-state index in [4.69, 9.17) is 15.2 Å². The van der Waals surface area contributed by atoms with Crippen LogP contribution >= 0.6 is 23.1 Å². The van der Waals surface area contributed by atoms with Gasteiger partial charge in [0.2, 0.25) is 5.91 Å². The van der Waals surface area contributed by atoms with Crippen LogP contribution in [0.4, 0.5) is 10.9 Å². The summed E-state index contributed by atoms with van der Waals surface area (Å²) in [7, 11) is 0. The molecule has 1 amide bonds. The molecule has 0 saturated heterocycles. The number of nitrogens with zero attached hydrogens (tertiary/aromatic N) is 3. The number of aromatic nitrogens is 3. The molecular formula is C16H19N5O5S2. The Morgan fingerprint density at radius 3 is 2.50 bits per heavy atom. The number of carbonyl (C=O) groups is 3. The average Bonchev–Trinajstić information content (AvgIpc) is 3.00. The van der Waals surface area contributed by atoms with Crippen molar-refractivity contribution in [2.75, 3.05) is 30.0 Å². The number of amides is 1. The maximum Gasteiger partial charge on any atom is 0.350 e. The van der Waals surface area contributed by atoms with Gasteiger partial charge in [-0.2, -0.15) is 0 Å². The Labute approximate surface area is 169 Å². The Morgan fingerprint density at radius 2 is 1.86 bits per heavy atom. The fourth-order valence-corrected chi connectivity index (χ4v) is 3.43. The van der Waals surface area contributed by atoms with Crippen LogP contribution < -0.4 is 11.1 Å². The van der Waals surface area contributed by atoms with Gasteiger partial charge >= 0.3 is 11.9 Å². The molecule has 150 valence electrons. The van der Waals surface area contributed by atoms with Gasteiger partial charge in [-0.15, -0.1) is 0 Å². The zero-order chi connectivity index (χ0) is 20.7. The van der Waals surface area contributed by atoms with Crippen molar-refractivity contribution < 1.29 is 23.9 Å². The van der Waals surface area contributed by atoms with E-state index in [0.717, 1.165) is 23.1 Å². The largest absolute Gasteiger partial charge is 0.462 e. The van der Waals surface area contributed by atoms with Crippen LogP contribution in [0.2, 0.25) is 0 Å². The molecule has 0 aliphatic carbocycles. The average molecular weight is 425 g/mol. The van der Waals surface area contributed by atoms with Crippen molar-refractivity contribution in [1.29, 1.82) is 0 Å². The van der Waals surface area contributed by atoms with E-state index in [1.54, 1.807) is 20.8 Å². The molecule has 0 bridgehead atoms. The van der Waals surface area contributed by atoms with Gasteiger partial charge in [-0.05, 0) is 20.8 Å². The lowest BCUT2D eigenvalue weighted by atomic mass is 10.3. The highest BCUT2D eigenvalue weighted by Gasteiger charge is 2.18. The number of aryl methyl sites for hydroxylation is 1. The number of hydrogen-bond donors (Lipinski definition) is 2. The van der Waals surface area contributed by atoms with E-state index in [9.17, 15) is 14.4 Å². The molecule has 0 aliphatic heterocycles. The monoisotopic (exact) mass is 425 g/mol. The molecule has 0 aromatic carbocycles. The van der Waals surface area contributed by atoms with Crippen LogP contribution in [0.15, 0.2) is 11.4 Å². The summed E-state index contributed by atoms with van der Waals surface area (Å²) >= 11 is 2.08. The fourth-order valence-electron chi connectivity index (χ4n) is 1.94. The number of carbonyl (C=O) groups excluding carboxylic acids is 3. The molecule has 0 atom stereocenters. The Balaban J connectivity index is 1.94. The minimum absolute atomic E-state index is 0.00837. The molecule has 0 saturated carbocycles. The van der Waals surface area contributed by atoms with Crippen molar-refractivity contribution in [2.45, 2.75) is 25.9 Å². The molecular weight excluding hydrogens is 406 g/mol. The van der Waals surface area contributed by atoms with Crippen molar-refractivity contribution in [3.63, 3.8) is 0 Å². The number of hydrogen-bond acceptors (Lipinski definition) is 11. The SMILES string of the molecule is CCOC(=O)c1cnc(SCC(=O)Nc2nc(C)c(C(=O)OCC)s2)nc1N. The molecule has 10 nitrogen and oxygen atoms in total. The molecule has 2 aromatic heterocycles. The van der Waals surface area contributed by atoms with Crippen molar-refractivity contribution in [3.05, 3.63) is 22.3 Å². The van der Waals surface area contributed by atoms with Crippen molar-refractivity contribution in [1.82, 2.24) is 15.0 Å². The van der Waals surface area contributed by atoms with Gasteiger partial charge < -0.3 is 20.5 Å². The highest BCUT2D eigenvalue weighted by atomic mass is 32.2. The zero-order valence-electron chi connectivity index (χ0n) is 15.5. The molecule has 2 heterocycles. The Morgan fingerprint density at radius 1 is 1.18 bits per heavy atom. The van der Waals surface area contributed by atoms with Gasteiger partial charge in [0.15, 0.2) is 10.3 Å². The number of ether oxygens (including phenoxy) is 2. The topological polar surface area (TPSA) is 146 Å². The minimum Gasteiger partial charge on any atom is -0.462 e. The summed E-state index contributed by atoms with van der Waals surface area (Å²) in [4.78, 5) is 48.1. The van der Waals surface area contributed by atoms with Gasteiger partial charge in [0.1, 0.15) is 16.3 Å². The van der Waals surface area contributed by atoms with Crippen molar-refractivity contribution in [2.24, 2.45) is 0 Å². The minimum atomic E-state index is -0.606. The van der Waals surface area contributed by atoms with E-state index < -0.39 is 11.9 Å². The number of thioether (sulfide) groups is 1. The number of thiazole rings is 1. The molecule has 2 aromatic rings. The Kier molecular flexibility index (Phi) is 7.70. The highest BCUT2D eigenvalue weighted by Crippen LogP contribution is 2.24. The maximum atomic E-state index is 12.1. The van der Waals surface area contributed by atoms with E-state index in [2.05, 4.69) is 20.3 Å². The van der Waals surface area contributed by atoms with Crippen LogP contribution in [0.25, 0.3) is 0 Å². The molecule has 0 unspecified atom stereocenters. The number of rotatable bonds is 8. The lowest BCUT2D eigenvalue weighted by Crippen LogP contribution is -2.15. The second kappa shape index (κ2) is 9.99. The molecule has 2 rings (SSSR count).